The highest BCUT2D eigenvalue weighted by atomic mass is 32.2. The number of nitrogens with zero attached hydrogens (tertiary/aromatic N) is 2. The van der Waals surface area contributed by atoms with Gasteiger partial charge >= 0.3 is 0 Å². The summed E-state index contributed by atoms with van der Waals surface area (Å²) in [4.78, 5) is 29.7. The molecule has 0 fully saturated rings. The zero-order valence-corrected chi connectivity index (χ0v) is 27.0. The summed E-state index contributed by atoms with van der Waals surface area (Å²) < 4.78 is 43.4. The summed E-state index contributed by atoms with van der Waals surface area (Å²) in [6, 6.07) is 25.9. The average molecular weight is 630 g/mol. The van der Waals surface area contributed by atoms with Crippen LogP contribution in [0.25, 0.3) is 0 Å². The summed E-state index contributed by atoms with van der Waals surface area (Å²) in [5.41, 5.74) is 4.30. The van der Waals surface area contributed by atoms with Gasteiger partial charge in [0.05, 0.1) is 10.6 Å². The fourth-order valence-electron chi connectivity index (χ4n) is 5.06. The van der Waals surface area contributed by atoms with Gasteiger partial charge in [0.2, 0.25) is 11.8 Å². The number of carbonyl (C=O) groups is 2. The molecule has 0 aliphatic carbocycles. The first-order chi connectivity index (χ1) is 21.5. The lowest BCUT2D eigenvalue weighted by molar-refractivity contribution is -0.140. The lowest BCUT2D eigenvalue weighted by atomic mass is 10.0. The number of rotatable bonds is 13. The molecular weight excluding hydrogens is 589 g/mol. The number of carbonyl (C=O) groups excluding carboxylic acids is 2. The van der Waals surface area contributed by atoms with E-state index in [0.717, 1.165) is 21.0 Å². The second kappa shape index (κ2) is 15.0. The van der Waals surface area contributed by atoms with E-state index in [1.165, 1.54) is 29.2 Å². The van der Waals surface area contributed by atoms with Gasteiger partial charge in [0.15, 0.2) is 0 Å². The first-order valence-electron chi connectivity index (χ1n) is 15.0. The van der Waals surface area contributed by atoms with E-state index in [9.17, 15) is 22.4 Å². The monoisotopic (exact) mass is 629 g/mol. The third kappa shape index (κ3) is 8.36. The number of hydrogen-bond donors (Lipinski definition) is 1. The lowest BCUT2D eigenvalue weighted by Crippen LogP contribution is -2.53. The Labute approximate surface area is 265 Å². The van der Waals surface area contributed by atoms with E-state index >= 15 is 0 Å². The lowest BCUT2D eigenvalue weighted by Gasteiger charge is -2.34. The number of amides is 2. The second-order valence-corrected chi connectivity index (χ2v) is 13.1. The van der Waals surface area contributed by atoms with Crippen LogP contribution in [0, 0.1) is 26.6 Å². The summed E-state index contributed by atoms with van der Waals surface area (Å²) in [5, 5.41) is 2.92. The Balaban J connectivity index is 1.82. The smallest absolute Gasteiger partial charge is 0.264 e. The van der Waals surface area contributed by atoms with E-state index in [-0.39, 0.29) is 23.8 Å². The summed E-state index contributed by atoms with van der Waals surface area (Å²) in [5.74, 6) is -1.34. The number of benzene rings is 4. The molecule has 4 rings (SSSR count). The van der Waals surface area contributed by atoms with Gasteiger partial charge in [0, 0.05) is 19.5 Å². The van der Waals surface area contributed by atoms with Crippen LogP contribution in [0.15, 0.2) is 102 Å². The van der Waals surface area contributed by atoms with Crippen molar-refractivity contribution >= 4 is 27.5 Å². The predicted octanol–water partition coefficient (Wildman–Crippen LogP) is 6.11. The summed E-state index contributed by atoms with van der Waals surface area (Å²) in [6.45, 7) is 7.35. The molecule has 0 aliphatic rings. The van der Waals surface area contributed by atoms with Crippen LogP contribution >= 0.6 is 0 Å². The van der Waals surface area contributed by atoms with Crippen LogP contribution in [0.1, 0.15) is 41.2 Å². The third-order valence-corrected chi connectivity index (χ3v) is 9.59. The zero-order chi connectivity index (χ0) is 32.6. The molecule has 4 aromatic rings. The Morgan fingerprint density at radius 3 is 2.13 bits per heavy atom. The van der Waals surface area contributed by atoms with E-state index in [2.05, 4.69) is 5.32 Å². The molecule has 9 heteroatoms. The molecule has 1 N–H and O–H groups in total. The molecule has 0 radical (unpaired) electrons. The van der Waals surface area contributed by atoms with Crippen LogP contribution < -0.4 is 9.62 Å². The number of aryl methyl sites for hydroxylation is 2. The van der Waals surface area contributed by atoms with Crippen LogP contribution in [0.2, 0.25) is 0 Å². The van der Waals surface area contributed by atoms with Gasteiger partial charge in [-0.1, -0.05) is 79.2 Å². The number of halogens is 1. The van der Waals surface area contributed by atoms with Gasteiger partial charge in [-0.05, 0) is 79.8 Å². The van der Waals surface area contributed by atoms with E-state index < -0.39 is 34.3 Å². The van der Waals surface area contributed by atoms with Gasteiger partial charge in [0.1, 0.15) is 18.4 Å². The normalized spacial score (nSPS) is 11.9. The third-order valence-electron chi connectivity index (χ3n) is 7.82. The molecule has 2 amide bonds. The molecule has 7 nitrogen and oxygen atoms in total. The highest BCUT2D eigenvalue weighted by Gasteiger charge is 2.35. The standard InChI is InChI=1S/C36H40FN3O4S/c1-5-22-38-36(42)34(23-29-11-7-6-8-12-29)39(24-30-16-18-31(37)19-17-30)35(41)25-40(33-13-9-10-27(3)28(33)4)45(43,44)32-20-14-26(2)15-21-32/h6-21,34H,5,22-25H2,1-4H3,(H,38,42)/t34-/m0/s1. The average Bonchev–Trinajstić information content (AvgIpc) is 3.03. The molecule has 0 bridgehead atoms. The van der Waals surface area contributed by atoms with Crippen molar-refractivity contribution in [2.75, 3.05) is 17.4 Å². The van der Waals surface area contributed by atoms with E-state index in [1.54, 1.807) is 36.4 Å². The summed E-state index contributed by atoms with van der Waals surface area (Å²) >= 11 is 0. The predicted molar refractivity (Wildman–Crippen MR) is 176 cm³/mol. The maximum absolute atomic E-state index is 14.5. The molecule has 4 aromatic carbocycles. The van der Waals surface area contributed by atoms with Crippen LogP contribution in [-0.4, -0.2) is 44.3 Å². The summed E-state index contributed by atoms with van der Waals surface area (Å²) in [7, 11) is -4.20. The highest BCUT2D eigenvalue weighted by Crippen LogP contribution is 2.29. The van der Waals surface area contributed by atoms with E-state index in [0.29, 0.717) is 29.8 Å². The highest BCUT2D eigenvalue weighted by molar-refractivity contribution is 7.92. The van der Waals surface area contributed by atoms with Gasteiger partial charge in [-0.25, -0.2) is 12.8 Å². The van der Waals surface area contributed by atoms with Crippen LogP contribution in [0.5, 0.6) is 0 Å². The van der Waals surface area contributed by atoms with Crippen molar-refractivity contribution in [2.24, 2.45) is 0 Å². The van der Waals surface area contributed by atoms with E-state index in [1.807, 2.05) is 64.1 Å². The number of anilines is 1. The van der Waals surface area contributed by atoms with Crippen molar-refractivity contribution in [3.8, 4) is 0 Å². The molecule has 236 valence electrons. The van der Waals surface area contributed by atoms with Crippen molar-refractivity contribution < 1.29 is 22.4 Å². The molecule has 0 saturated carbocycles. The molecule has 0 spiro atoms. The number of nitrogens with one attached hydrogen (secondary N) is 1. The largest absolute Gasteiger partial charge is 0.354 e. The minimum absolute atomic E-state index is 0.0264. The molecule has 0 heterocycles. The Bertz CT molecular complexity index is 1710. The van der Waals surface area contributed by atoms with Gasteiger partial charge < -0.3 is 10.2 Å². The first-order valence-corrected chi connectivity index (χ1v) is 16.5. The minimum atomic E-state index is -4.20. The van der Waals surface area contributed by atoms with Gasteiger partial charge in [-0.3, -0.25) is 13.9 Å². The zero-order valence-electron chi connectivity index (χ0n) is 26.2. The molecule has 0 saturated heterocycles. The fourth-order valence-corrected chi connectivity index (χ4v) is 6.53. The fraction of sp³-hybridized carbons (Fsp3) is 0.278. The maximum atomic E-state index is 14.5. The van der Waals surface area contributed by atoms with Crippen molar-refractivity contribution in [1.29, 1.82) is 0 Å². The minimum Gasteiger partial charge on any atom is -0.354 e. The quantitative estimate of drug-likeness (QED) is 0.193. The topological polar surface area (TPSA) is 86.8 Å². The number of sulfonamides is 1. The Morgan fingerprint density at radius 2 is 1.49 bits per heavy atom. The molecule has 0 aromatic heterocycles. The van der Waals surface area contributed by atoms with Gasteiger partial charge in [-0.2, -0.15) is 0 Å². The number of hydrogen-bond acceptors (Lipinski definition) is 4. The maximum Gasteiger partial charge on any atom is 0.264 e. The van der Waals surface area contributed by atoms with Crippen molar-refractivity contribution in [1.82, 2.24) is 10.2 Å². The van der Waals surface area contributed by atoms with Gasteiger partial charge in [-0.15, -0.1) is 0 Å². The first kappa shape index (κ1) is 33.4. The van der Waals surface area contributed by atoms with Crippen molar-refractivity contribution in [2.45, 2.75) is 58.0 Å². The SMILES string of the molecule is CCCNC(=O)[C@H](Cc1ccccc1)N(Cc1ccc(F)cc1)C(=O)CN(c1cccc(C)c1C)S(=O)(=O)c1ccc(C)cc1. The van der Waals surface area contributed by atoms with Crippen molar-refractivity contribution in [3.05, 3.63) is 131 Å². The molecule has 1 atom stereocenters. The van der Waals surface area contributed by atoms with Gasteiger partial charge in [0.25, 0.3) is 10.0 Å². The Kier molecular flexibility index (Phi) is 11.1. The summed E-state index contributed by atoms with van der Waals surface area (Å²) in [6.07, 6.45) is 0.905. The van der Waals surface area contributed by atoms with Crippen molar-refractivity contribution in [3.63, 3.8) is 0 Å². The van der Waals surface area contributed by atoms with E-state index in [4.69, 9.17) is 0 Å². The molecule has 45 heavy (non-hydrogen) atoms. The molecular formula is C36H40FN3O4S. The van der Waals surface area contributed by atoms with Crippen LogP contribution in [0.3, 0.4) is 0 Å². The Morgan fingerprint density at radius 1 is 0.822 bits per heavy atom. The van der Waals surface area contributed by atoms with Crippen LogP contribution in [-0.2, 0) is 32.6 Å². The molecule has 0 aliphatic heterocycles. The van der Waals surface area contributed by atoms with Crippen LogP contribution in [0.4, 0.5) is 10.1 Å². The Hall–Kier alpha value is -4.50. The molecule has 0 unspecified atom stereocenters. The second-order valence-electron chi connectivity index (χ2n) is 11.2.